The zero-order valence-electron chi connectivity index (χ0n) is 17.3. The van der Waals surface area contributed by atoms with Crippen LogP contribution in [0.25, 0.3) is 11.1 Å². The van der Waals surface area contributed by atoms with Crippen molar-refractivity contribution in [1.29, 1.82) is 0 Å². The zero-order chi connectivity index (χ0) is 24.9. The van der Waals surface area contributed by atoms with Gasteiger partial charge in [-0.05, 0) is 46.5 Å². The van der Waals surface area contributed by atoms with E-state index in [1.807, 2.05) is 0 Å². The number of carbonyl (C=O) groups excluding carboxylic acids is 2. The van der Waals surface area contributed by atoms with Crippen LogP contribution in [0.1, 0.15) is 25.0 Å². The van der Waals surface area contributed by atoms with E-state index < -0.39 is 40.9 Å². The van der Waals surface area contributed by atoms with E-state index in [0.29, 0.717) is 22.3 Å². The Balaban J connectivity index is 1.90. The van der Waals surface area contributed by atoms with Crippen LogP contribution in [-0.2, 0) is 15.0 Å². The molecule has 1 aliphatic rings. The van der Waals surface area contributed by atoms with Crippen molar-refractivity contribution in [1.82, 2.24) is 0 Å². The van der Waals surface area contributed by atoms with Crippen LogP contribution in [0.5, 0.6) is 11.5 Å². The van der Waals surface area contributed by atoms with Crippen molar-refractivity contribution in [2.24, 2.45) is 0 Å². The number of hydrogen-bond donors (Lipinski definition) is 0. The number of hydrogen-bond acceptors (Lipinski definition) is 4. The van der Waals surface area contributed by atoms with Crippen molar-refractivity contribution < 1.29 is 45.4 Å². The maximum Gasteiger partial charge on any atom is 0.422 e. The molecule has 3 rings (SSSR count). The molecule has 0 atom stereocenters. The fourth-order valence-corrected chi connectivity index (χ4v) is 3.39. The van der Waals surface area contributed by atoms with E-state index in [4.69, 9.17) is 9.47 Å². The summed E-state index contributed by atoms with van der Waals surface area (Å²) in [6, 6.07) is 8.50. The number of benzene rings is 2. The van der Waals surface area contributed by atoms with E-state index in [1.165, 1.54) is 24.3 Å². The van der Waals surface area contributed by atoms with Gasteiger partial charge in [0.2, 0.25) is 0 Å². The van der Waals surface area contributed by atoms with Crippen molar-refractivity contribution in [2.75, 3.05) is 0 Å². The lowest BCUT2D eigenvalue weighted by Gasteiger charge is -2.22. The molecule has 0 bridgehead atoms. The van der Waals surface area contributed by atoms with Gasteiger partial charge in [0.1, 0.15) is 22.6 Å². The summed E-state index contributed by atoms with van der Waals surface area (Å²) in [4.78, 5) is 23.5. The third-order valence-corrected chi connectivity index (χ3v) is 5.22. The highest BCUT2D eigenvalue weighted by Gasteiger charge is 2.40. The molecule has 0 saturated carbocycles. The summed E-state index contributed by atoms with van der Waals surface area (Å²) in [5.41, 5.74) is -1.61. The van der Waals surface area contributed by atoms with Crippen LogP contribution in [0.3, 0.4) is 0 Å². The number of rotatable bonds is 4. The Morgan fingerprint density at radius 1 is 0.727 bits per heavy atom. The van der Waals surface area contributed by atoms with Gasteiger partial charge in [0, 0.05) is 5.41 Å². The van der Waals surface area contributed by atoms with Gasteiger partial charge in [-0.15, -0.1) is 0 Å². The molecule has 0 fully saturated rings. The summed E-state index contributed by atoms with van der Waals surface area (Å²) in [7, 11) is 0. The minimum atomic E-state index is -4.94. The van der Waals surface area contributed by atoms with E-state index >= 15 is 0 Å². The Morgan fingerprint density at radius 2 is 1.06 bits per heavy atom. The molecule has 0 unspecified atom stereocenters. The van der Waals surface area contributed by atoms with Crippen molar-refractivity contribution in [2.45, 2.75) is 31.6 Å². The topological polar surface area (TPSA) is 52.6 Å². The zero-order valence-corrected chi connectivity index (χ0v) is 17.3. The van der Waals surface area contributed by atoms with Gasteiger partial charge >= 0.3 is 24.3 Å². The van der Waals surface area contributed by atoms with E-state index in [0.717, 1.165) is 0 Å². The molecule has 0 radical (unpaired) electrons. The van der Waals surface area contributed by atoms with E-state index in [2.05, 4.69) is 13.2 Å². The molecule has 0 amide bonds. The Kier molecular flexibility index (Phi) is 5.68. The highest BCUT2D eigenvalue weighted by Crippen LogP contribution is 2.50. The summed E-state index contributed by atoms with van der Waals surface area (Å²) in [6.45, 7) is 8.89. The standard InChI is InChI=1S/C23H16F6O4/c1-11(22(24,25)26)19(30)32-13-5-7-15-16-8-6-14(33-20(31)12(2)23(27,28)29)10-18(16)21(3,4)17(15)9-13/h5-10H,1-2H2,3-4H3. The third kappa shape index (κ3) is 4.50. The van der Waals surface area contributed by atoms with Gasteiger partial charge in [0.15, 0.2) is 0 Å². The van der Waals surface area contributed by atoms with Crippen molar-refractivity contribution >= 4 is 11.9 Å². The van der Waals surface area contributed by atoms with Crippen molar-refractivity contribution in [3.8, 4) is 22.6 Å². The van der Waals surface area contributed by atoms with Crippen LogP contribution >= 0.6 is 0 Å². The minimum Gasteiger partial charge on any atom is -0.423 e. The molecule has 0 aliphatic heterocycles. The Hall–Kier alpha value is -3.56. The summed E-state index contributed by atoms with van der Waals surface area (Å²) in [6.07, 6.45) is -9.87. The number of fused-ring (bicyclic) bond motifs is 3. The number of ether oxygens (including phenoxy) is 2. The van der Waals surface area contributed by atoms with Crippen LogP contribution in [0.4, 0.5) is 26.3 Å². The number of halogens is 6. The van der Waals surface area contributed by atoms with Gasteiger partial charge in [-0.25, -0.2) is 9.59 Å². The molecule has 2 aromatic carbocycles. The Morgan fingerprint density at radius 3 is 1.36 bits per heavy atom. The molecule has 0 N–H and O–H groups in total. The quantitative estimate of drug-likeness (QED) is 0.237. The highest BCUT2D eigenvalue weighted by molar-refractivity contribution is 5.92. The fourth-order valence-electron chi connectivity index (χ4n) is 3.39. The maximum atomic E-state index is 12.7. The van der Waals surface area contributed by atoms with Gasteiger partial charge in [-0.1, -0.05) is 39.1 Å². The summed E-state index contributed by atoms with van der Waals surface area (Å²) >= 11 is 0. The number of esters is 2. The largest absolute Gasteiger partial charge is 0.423 e. The summed E-state index contributed by atoms with van der Waals surface area (Å²) in [5.74, 6) is -3.57. The second kappa shape index (κ2) is 7.79. The smallest absolute Gasteiger partial charge is 0.422 e. The average molecular weight is 470 g/mol. The molecule has 33 heavy (non-hydrogen) atoms. The average Bonchev–Trinajstić information content (AvgIpc) is 2.92. The van der Waals surface area contributed by atoms with Gasteiger partial charge < -0.3 is 9.47 Å². The molecule has 10 heteroatoms. The fraction of sp³-hybridized carbons (Fsp3) is 0.217. The molecular formula is C23H16F6O4. The second-order valence-corrected chi connectivity index (χ2v) is 7.77. The predicted octanol–water partition coefficient (Wildman–Crippen LogP) is 6.04. The van der Waals surface area contributed by atoms with Gasteiger partial charge in [-0.2, -0.15) is 26.3 Å². The van der Waals surface area contributed by atoms with Crippen molar-refractivity contribution in [3.63, 3.8) is 0 Å². The SMILES string of the molecule is C=C(C(=O)Oc1ccc2c(c1)C(C)(C)c1cc(OC(=O)C(=C)C(F)(F)F)ccc1-2)C(F)(F)F. The van der Waals surface area contributed by atoms with Gasteiger partial charge in [0.25, 0.3) is 0 Å². The van der Waals surface area contributed by atoms with Crippen molar-refractivity contribution in [3.05, 3.63) is 71.8 Å². The van der Waals surface area contributed by atoms with Crippen LogP contribution in [0.2, 0.25) is 0 Å². The normalized spacial score (nSPS) is 14.2. The lowest BCUT2D eigenvalue weighted by molar-refractivity contribution is -0.143. The third-order valence-electron chi connectivity index (χ3n) is 5.22. The van der Waals surface area contributed by atoms with E-state index in [-0.39, 0.29) is 11.5 Å². The molecule has 174 valence electrons. The first-order valence-electron chi connectivity index (χ1n) is 9.29. The molecule has 0 aromatic heterocycles. The molecular weight excluding hydrogens is 454 g/mol. The molecule has 0 saturated heterocycles. The van der Waals surface area contributed by atoms with Crippen LogP contribution < -0.4 is 9.47 Å². The van der Waals surface area contributed by atoms with Crippen LogP contribution in [0.15, 0.2) is 60.7 Å². The Labute approximate surface area is 184 Å². The lowest BCUT2D eigenvalue weighted by Crippen LogP contribution is -2.23. The minimum absolute atomic E-state index is 0.141. The molecule has 2 aromatic rings. The first-order valence-corrected chi connectivity index (χ1v) is 9.29. The first kappa shape index (κ1) is 24.1. The number of carbonyl (C=O) groups is 2. The van der Waals surface area contributed by atoms with Gasteiger partial charge in [-0.3, -0.25) is 0 Å². The Bertz CT molecular complexity index is 1100. The molecule has 0 spiro atoms. The van der Waals surface area contributed by atoms with Gasteiger partial charge in [0.05, 0.1) is 0 Å². The predicted molar refractivity (Wildman–Crippen MR) is 106 cm³/mol. The highest BCUT2D eigenvalue weighted by atomic mass is 19.4. The van der Waals surface area contributed by atoms with Crippen LogP contribution in [0, 0.1) is 0 Å². The first-order chi connectivity index (χ1) is 15.0. The number of alkyl halides is 6. The lowest BCUT2D eigenvalue weighted by atomic mass is 9.82. The molecule has 4 nitrogen and oxygen atoms in total. The summed E-state index contributed by atoms with van der Waals surface area (Å²) in [5, 5.41) is 0. The van der Waals surface area contributed by atoms with E-state index in [1.54, 1.807) is 26.0 Å². The second-order valence-electron chi connectivity index (χ2n) is 7.77. The maximum absolute atomic E-state index is 12.7. The molecule has 1 aliphatic carbocycles. The molecule has 0 heterocycles. The van der Waals surface area contributed by atoms with E-state index in [9.17, 15) is 35.9 Å². The van der Waals surface area contributed by atoms with Crippen LogP contribution in [-0.4, -0.2) is 24.3 Å². The summed E-state index contributed by atoms with van der Waals surface area (Å²) < 4.78 is 85.6. The monoisotopic (exact) mass is 470 g/mol.